The number of amides is 1. The van der Waals surface area contributed by atoms with E-state index in [-0.39, 0.29) is 5.91 Å². The van der Waals surface area contributed by atoms with Crippen LogP contribution in [0.15, 0.2) is 18.2 Å². The summed E-state index contributed by atoms with van der Waals surface area (Å²) in [5.41, 5.74) is 8.25. The summed E-state index contributed by atoms with van der Waals surface area (Å²) in [7, 11) is 1.78. The largest absolute Gasteiger partial charge is 0.492 e. The second-order valence-electron chi connectivity index (χ2n) is 5.68. The van der Waals surface area contributed by atoms with E-state index in [4.69, 9.17) is 10.5 Å². The third-order valence-corrected chi connectivity index (χ3v) is 3.45. The second-order valence-corrected chi connectivity index (χ2v) is 5.68. The molecule has 0 bridgehead atoms. The molecule has 0 aliphatic rings. The zero-order valence-electron chi connectivity index (χ0n) is 13.7. The number of nitrogens with zero attached hydrogens (tertiary/aromatic N) is 1. The number of ether oxygens (including phenoxy) is 1. The van der Waals surface area contributed by atoms with E-state index >= 15 is 0 Å². The predicted molar refractivity (Wildman–Crippen MR) is 86.5 cm³/mol. The highest BCUT2D eigenvalue weighted by Gasteiger charge is 2.17. The first kappa shape index (κ1) is 17.5. The van der Waals surface area contributed by atoms with Crippen LogP contribution in [0.2, 0.25) is 0 Å². The van der Waals surface area contributed by atoms with Gasteiger partial charge in [-0.15, -0.1) is 0 Å². The fraction of sp³-hybridized carbons (Fsp3) is 0.588. The molecule has 4 nitrogen and oxygen atoms in total. The summed E-state index contributed by atoms with van der Waals surface area (Å²) in [4.78, 5) is 13.7. The van der Waals surface area contributed by atoms with Crippen molar-refractivity contribution in [1.29, 1.82) is 0 Å². The summed E-state index contributed by atoms with van der Waals surface area (Å²) < 4.78 is 5.71. The van der Waals surface area contributed by atoms with Crippen LogP contribution in [0, 0.1) is 13.8 Å². The molecule has 0 heterocycles. The zero-order chi connectivity index (χ0) is 15.8. The average Bonchev–Trinajstić information content (AvgIpc) is 2.42. The van der Waals surface area contributed by atoms with Crippen molar-refractivity contribution in [3.63, 3.8) is 0 Å². The van der Waals surface area contributed by atoms with Crippen molar-refractivity contribution in [3.05, 3.63) is 29.3 Å². The first-order valence-corrected chi connectivity index (χ1v) is 7.65. The van der Waals surface area contributed by atoms with Crippen LogP contribution < -0.4 is 10.5 Å². The minimum Gasteiger partial charge on any atom is -0.492 e. The van der Waals surface area contributed by atoms with E-state index in [1.165, 1.54) is 11.1 Å². The van der Waals surface area contributed by atoms with Crippen LogP contribution in [-0.2, 0) is 4.79 Å². The quantitative estimate of drug-likeness (QED) is 0.801. The molecule has 0 unspecified atom stereocenters. The lowest BCUT2D eigenvalue weighted by atomic mass is 10.1. The van der Waals surface area contributed by atoms with Gasteiger partial charge < -0.3 is 15.4 Å². The molecule has 2 N–H and O–H groups in total. The van der Waals surface area contributed by atoms with Crippen LogP contribution in [-0.4, -0.2) is 37.0 Å². The Morgan fingerprint density at radius 3 is 2.48 bits per heavy atom. The van der Waals surface area contributed by atoms with E-state index in [2.05, 4.69) is 13.0 Å². The minimum atomic E-state index is -0.392. The maximum absolute atomic E-state index is 12.0. The molecular weight excluding hydrogens is 264 g/mol. The Balaban J connectivity index is 2.38. The number of hydrogen-bond donors (Lipinski definition) is 1. The highest BCUT2D eigenvalue weighted by atomic mass is 16.5. The van der Waals surface area contributed by atoms with E-state index in [0.717, 1.165) is 25.0 Å². The molecule has 1 aromatic carbocycles. The molecule has 1 rings (SSSR count). The number of aryl methyl sites for hydroxylation is 2. The topological polar surface area (TPSA) is 55.6 Å². The Labute approximate surface area is 128 Å². The van der Waals surface area contributed by atoms with Crippen molar-refractivity contribution in [1.82, 2.24) is 4.90 Å². The van der Waals surface area contributed by atoms with Gasteiger partial charge in [0, 0.05) is 7.05 Å². The van der Waals surface area contributed by atoms with Crippen molar-refractivity contribution in [3.8, 4) is 5.75 Å². The van der Waals surface area contributed by atoms with Crippen LogP contribution >= 0.6 is 0 Å². The van der Waals surface area contributed by atoms with Crippen LogP contribution in [0.1, 0.15) is 37.3 Å². The molecule has 1 atom stereocenters. The highest BCUT2D eigenvalue weighted by Crippen LogP contribution is 2.16. The Morgan fingerprint density at radius 2 is 1.90 bits per heavy atom. The molecule has 0 saturated carbocycles. The lowest BCUT2D eigenvalue weighted by Gasteiger charge is -2.21. The molecule has 21 heavy (non-hydrogen) atoms. The summed E-state index contributed by atoms with van der Waals surface area (Å²) in [6.07, 6.45) is 2.79. The van der Waals surface area contributed by atoms with E-state index in [1.54, 1.807) is 11.9 Å². The molecule has 0 saturated heterocycles. The smallest absolute Gasteiger partial charge is 0.239 e. The lowest BCUT2D eigenvalue weighted by molar-refractivity contribution is -0.131. The van der Waals surface area contributed by atoms with E-state index in [1.807, 2.05) is 26.0 Å². The van der Waals surface area contributed by atoms with E-state index in [9.17, 15) is 4.79 Å². The molecule has 1 amide bonds. The predicted octanol–water partition coefficient (Wildman–Crippen LogP) is 2.66. The Kier molecular flexibility index (Phi) is 7.23. The van der Waals surface area contributed by atoms with Gasteiger partial charge in [0.05, 0.1) is 12.6 Å². The third-order valence-electron chi connectivity index (χ3n) is 3.45. The van der Waals surface area contributed by atoms with Crippen LogP contribution in [0.4, 0.5) is 0 Å². The number of carbonyl (C=O) groups excluding carboxylic acids is 1. The van der Waals surface area contributed by atoms with Gasteiger partial charge in [0.15, 0.2) is 0 Å². The Hall–Kier alpha value is -1.55. The van der Waals surface area contributed by atoms with Gasteiger partial charge in [-0.2, -0.15) is 0 Å². The van der Waals surface area contributed by atoms with Crippen molar-refractivity contribution in [2.24, 2.45) is 5.73 Å². The van der Waals surface area contributed by atoms with Crippen molar-refractivity contribution in [2.45, 2.75) is 46.1 Å². The first-order chi connectivity index (χ1) is 9.93. The summed E-state index contributed by atoms with van der Waals surface area (Å²) in [6, 6.07) is 5.72. The minimum absolute atomic E-state index is 0.00697. The maximum atomic E-state index is 12.0. The third kappa shape index (κ3) is 6.17. The number of unbranched alkanes of at least 4 members (excludes halogenated alkanes) is 1. The Bertz CT molecular complexity index is 440. The molecule has 0 aliphatic heterocycles. The second kappa shape index (κ2) is 8.67. The van der Waals surface area contributed by atoms with E-state index in [0.29, 0.717) is 13.2 Å². The van der Waals surface area contributed by atoms with Gasteiger partial charge in [-0.3, -0.25) is 4.79 Å². The van der Waals surface area contributed by atoms with Crippen molar-refractivity contribution in [2.75, 3.05) is 20.2 Å². The van der Waals surface area contributed by atoms with E-state index < -0.39 is 6.04 Å². The summed E-state index contributed by atoms with van der Waals surface area (Å²) >= 11 is 0. The normalized spacial score (nSPS) is 12.0. The number of nitrogens with two attached hydrogens (primary N) is 1. The number of likely N-dealkylation sites (N-methyl/N-ethyl adjacent to an activating group) is 1. The van der Waals surface area contributed by atoms with Crippen LogP contribution in [0.5, 0.6) is 5.75 Å². The number of carbonyl (C=O) groups is 1. The maximum Gasteiger partial charge on any atom is 0.239 e. The molecule has 4 heteroatoms. The average molecular weight is 292 g/mol. The van der Waals surface area contributed by atoms with Crippen LogP contribution in [0.25, 0.3) is 0 Å². The highest BCUT2D eigenvalue weighted by molar-refractivity contribution is 5.81. The van der Waals surface area contributed by atoms with Crippen LogP contribution in [0.3, 0.4) is 0 Å². The molecule has 0 spiro atoms. The standard InChI is InChI=1S/C17H28N2O2/c1-5-6-7-16(18)17(20)19(4)8-9-21-15-11-13(2)10-14(3)12-15/h10-12,16H,5-9,18H2,1-4H3/t16-/m0/s1. The lowest BCUT2D eigenvalue weighted by Crippen LogP contribution is -2.43. The summed E-state index contributed by atoms with van der Waals surface area (Å²) in [5.74, 6) is 0.844. The summed E-state index contributed by atoms with van der Waals surface area (Å²) in [5, 5.41) is 0. The monoisotopic (exact) mass is 292 g/mol. The van der Waals surface area contributed by atoms with Gasteiger partial charge in [-0.05, 0) is 43.5 Å². The van der Waals surface area contributed by atoms with Gasteiger partial charge in [-0.25, -0.2) is 0 Å². The van der Waals surface area contributed by atoms with Gasteiger partial charge in [-0.1, -0.05) is 25.8 Å². The molecule has 0 radical (unpaired) electrons. The molecule has 118 valence electrons. The number of hydrogen-bond acceptors (Lipinski definition) is 3. The molecule has 1 aromatic rings. The van der Waals surface area contributed by atoms with Gasteiger partial charge in [0.25, 0.3) is 0 Å². The van der Waals surface area contributed by atoms with Gasteiger partial charge >= 0.3 is 0 Å². The molecule has 0 fully saturated rings. The fourth-order valence-electron chi connectivity index (χ4n) is 2.26. The fourth-order valence-corrected chi connectivity index (χ4v) is 2.26. The van der Waals surface area contributed by atoms with Crippen molar-refractivity contribution >= 4 is 5.91 Å². The molecule has 0 aliphatic carbocycles. The molecule has 0 aromatic heterocycles. The first-order valence-electron chi connectivity index (χ1n) is 7.65. The Morgan fingerprint density at radius 1 is 1.29 bits per heavy atom. The zero-order valence-corrected chi connectivity index (χ0v) is 13.7. The number of benzene rings is 1. The van der Waals surface area contributed by atoms with Crippen molar-refractivity contribution < 1.29 is 9.53 Å². The number of rotatable bonds is 8. The molecular formula is C17H28N2O2. The summed E-state index contributed by atoms with van der Waals surface area (Å²) in [6.45, 7) is 7.21. The van der Waals surface area contributed by atoms with Gasteiger partial charge in [0.1, 0.15) is 12.4 Å². The SMILES string of the molecule is CCCC[C@H](N)C(=O)N(C)CCOc1cc(C)cc(C)c1. The van der Waals surface area contributed by atoms with Gasteiger partial charge in [0.2, 0.25) is 5.91 Å².